The molecule has 0 N–H and O–H groups in total. The van der Waals surface area contributed by atoms with Gasteiger partial charge in [0.15, 0.2) is 0 Å². The highest BCUT2D eigenvalue weighted by atomic mass is 16.7. The first kappa shape index (κ1) is 17.2. The van der Waals surface area contributed by atoms with Crippen molar-refractivity contribution in [2.45, 2.75) is 57.8 Å². The molecule has 1 saturated carbocycles. The number of benzene rings is 1. The van der Waals surface area contributed by atoms with Crippen LogP contribution in [0.25, 0.3) is 0 Å². The van der Waals surface area contributed by atoms with Gasteiger partial charge < -0.3 is 9.57 Å². The second kappa shape index (κ2) is 7.47. The van der Waals surface area contributed by atoms with Gasteiger partial charge in [0.2, 0.25) is 0 Å². The Labute approximate surface area is 144 Å². The first-order valence-corrected chi connectivity index (χ1v) is 9.09. The molecular formula is C20H27NO3. The molecule has 24 heavy (non-hydrogen) atoms. The number of ether oxygens (including phenoxy) is 1. The van der Waals surface area contributed by atoms with Gasteiger partial charge in [0, 0.05) is 31.1 Å². The van der Waals surface area contributed by atoms with Crippen LogP contribution >= 0.6 is 0 Å². The Hall–Kier alpha value is -1.68. The highest BCUT2D eigenvalue weighted by Crippen LogP contribution is 2.52. The maximum Gasteiger partial charge on any atom is 0.331 e. The molecule has 2 atom stereocenters. The van der Waals surface area contributed by atoms with E-state index < -0.39 is 0 Å². The van der Waals surface area contributed by atoms with Crippen molar-refractivity contribution in [3.05, 3.63) is 35.4 Å². The number of rotatable bonds is 5. The second-order valence-corrected chi connectivity index (χ2v) is 6.92. The van der Waals surface area contributed by atoms with Gasteiger partial charge in [-0.1, -0.05) is 42.3 Å². The van der Waals surface area contributed by atoms with Crippen molar-refractivity contribution < 1.29 is 14.4 Å². The summed E-state index contributed by atoms with van der Waals surface area (Å²) in [4.78, 5) is 16.1. The van der Waals surface area contributed by atoms with Crippen LogP contribution in [0.2, 0.25) is 0 Å². The lowest BCUT2D eigenvalue weighted by molar-refractivity contribution is -0.140. The van der Waals surface area contributed by atoms with E-state index in [-0.39, 0.29) is 11.4 Å². The number of carbonyl (C=O) groups excluding carboxylic acids is 1. The molecule has 4 nitrogen and oxygen atoms in total. The smallest absolute Gasteiger partial charge is 0.331 e. The maximum atomic E-state index is 11.2. The summed E-state index contributed by atoms with van der Waals surface area (Å²) in [5, 5.41) is 4.18. The van der Waals surface area contributed by atoms with Gasteiger partial charge in [0.05, 0.1) is 5.71 Å². The van der Waals surface area contributed by atoms with E-state index >= 15 is 0 Å². The summed E-state index contributed by atoms with van der Waals surface area (Å²) in [7, 11) is 0. The highest BCUT2D eigenvalue weighted by molar-refractivity contribution is 6.03. The van der Waals surface area contributed by atoms with E-state index in [4.69, 9.17) is 9.57 Å². The number of fused-ring (bicyclic) bond motifs is 3. The Bertz CT molecular complexity index is 625. The predicted molar refractivity (Wildman–Crippen MR) is 94.1 cm³/mol. The van der Waals surface area contributed by atoms with Crippen LogP contribution < -0.4 is 0 Å². The molecule has 1 aromatic rings. The molecule has 2 aliphatic rings. The molecular weight excluding hydrogens is 302 g/mol. The van der Waals surface area contributed by atoms with Crippen LogP contribution in [-0.4, -0.2) is 24.9 Å². The Balaban J connectivity index is 2.00. The Morgan fingerprint density at radius 2 is 2.17 bits per heavy atom. The first-order chi connectivity index (χ1) is 11.7. The molecule has 1 aromatic carbocycles. The van der Waals surface area contributed by atoms with E-state index in [0.717, 1.165) is 37.3 Å². The van der Waals surface area contributed by atoms with Crippen molar-refractivity contribution in [3.8, 4) is 0 Å². The van der Waals surface area contributed by atoms with Gasteiger partial charge in [0.25, 0.3) is 0 Å². The molecule has 0 radical (unpaired) electrons. The summed E-state index contributed by atoms with van der Waals surface area (Å²) in [6.45, 7) is 5.01. The third-order valence-corrected chi connectivity index (χ3v) is 5.60. The molecule has 0 aliphatic heterocycles. The van der Waals surface area contributed by atoms with Crippen molar-refractivity contribution in [2.24, 2.45) is 11.1 Å². The minimum Gasteiger partial charge on any atom is -0.382 e. The molecule has 0 spiro atoms. The summed E-state index contributed by atoms with van der Waals surface area (Å²) in [6, 6.07) is 8.51. The Kier molecular flexibility index (Phi) is 5.34. The van der Waals surface area contributed by atoms with Crippen LogP contribution in [0.5, 0.6) is 0 Å². The second-order valence-electron chi connectivity index (χ2n) is 6.92. The van der Waals surface area contributed by atoms with Crippen LogP contribution in [0.15, 0.2) is 29.4 Å². The Morgan fingerprint density at radius 3 is 2.96 bits per heavy atom. The maximum absolute atomic E-state index is 11.2. The number of oxime groups is 1. The largest absolute Gasteiger partial charge is 0.382 e. The van der Waals surface area contributed by atoms with Crippen molar-refractivity contribution in [2.75, 3.05) is 13.2 Å². The molecule has 130 valence electrons. The van der Waals surface area contributed by atoms with Gasteiger partial charge >= 0.3 is 5.97 Å². The molecule has 0 aromatic heterocycles. The van der Waals surface area contributed by atoms with E-state index in [1.807, 2.05) is 6.07 Å². The van der Waals surface area contributed by atoms with E-state index in [0.29, 0.717) is 5.92 Å². The van der Waals surface area contributed by atoms with Crippen LogP contribution in [0.1, 0.15) is 63.5 Å². The normalized spacial score (nSPS) is 27.4. The highest BCUT2D eigenvalue weighted by Gasteiger charge is 2.46. The fraction of sp³-hybridized carbons (Fsp3) is 0.600. The van der Waals surface area contributed by atoms with E-state index in [1.165, 1.54) is 38.2 Å². The van der Waals surface area contributed by atoms with Crippen LogP contribution in [0.4, 0.5) is 0 Å². The summed E-state index contributed by atoms with van der Waals surface area (Å²) in [5.74, 6) is 0.188. The van der Waals surface area contributed by atoms with Gasteiger partial charge in [-0.15, -0.1) is 0 Å². The zero-order chi connectivity index (χ0) is 17.0. The van der Waals surface area contributed by atoms with Crippen molar-refractivity contribution in [1.29, 1.82) is 0 Å². The number of nitrogens with zero attached hydrogens (tertiary/aromatic N) is 1. The lowest BCUT2D eigenvalue weighted by Gasteiger charge is -2.49. The average Bonchev–Trinajstić information content (AvgIpc) is 2.60. The summed E-state index contributed by atoms with van der Waals surface area (Å²) < 4.78 is 5.70. The van der Waals surface area contributed by atoms with Crippen LogP contribution in [0.3, 0.4) is 0 Å². The lowest BCUT2D eigenvalue weighted by atomic mass is 9.55. The molecule has 2 aliphatic carbocycles. The number of hydrogen-bond donors (Lipinski definition) is 0. The van der Waals surface area contributed by atoms with Gasteiger partial charge in [-0.2, -0.15) is 0 Å². The van der Waals surface area contributed by atoms with Crippen molar-refractivity contribution in [3.63, 3.8) is 0 Å². The van der Waals surface area contributed by atoms with Crippen LogP contribution in [-0.2, 0) is 19.8 Å². The molecule has 4 heteroatoms. The number of hydrogen-bond acceptors (Lipinski definition) is 4. The lowest BCUT2D eigenvalue weighted by Crippen LogP contribution is -2.44. The fourth-order valence-corrected chi connectivity index (χ4v) is 4.54. The third kappa shape index (κ3) is 3.25. The standard InChI is InChI=1S/C20H27NO3/c1-3-23-13-12-20-11-7-6-8-16(20)14-19(21-24-15(2)22)17-9-4-5-10-18(17)20/h4-5,9-10,16H,3,6-8,11-14H2,1-2H3/b21-19+/t16-,20-/m1/s1. The predicted octanol–water partition coefficient (Wildman–Crippen LogP) is 4.21. The molecule has 0 saturated heterocycles. The van der Waals surface area contributed by atoms with E-state index in [2.05, 4.69) is 30.3 Å². The molecule has 0 amide bonds. The quantitative estimate of drug-likeness (QED) is 0.462. The summed E-state index contributed by atoms with van der Waals surface area (Å²) in [5.41, 5.74) is 3.61. The zero-order valence-corrected chi connectivity index (χ0v) is 14.7. The Morgan fingerprint density at radius 1 is 1.33 bits per heavy atom. The van der Waals surface area contributed by atoms with Crippen LogP contribution in [0, 0.1) is 5.92 Å². The summed E-state index contributed by atoms with van der Waals surface area (Å²) >= 11 is 0. The molecule has 3 rings (SSSR count). The minimum atomic E-state index is -0.364. The minimum absolute atomic E-state index is 0.180. The molecule has 1 fully saturated rings. The molecule has 0 bridgehead atoms. The number of carbonyl (C=O) groups is 1. The SMILES string of the molecule is CCOCC[C@]12CCCC[C@@H]1C/C(=N\OC(C)=O)c1ccccc12. The van der Waals surface area contributed by atoms with E-state index in [1.54, 1.807) is 0 Å². The first-order valence-electron chi connectivity index (χ1n) is 9.09. The van der Waals surface area contributed by atoms with Gasteiger partial charge in [-0.3, -0.25) is 0 Å². The van der Waals surface area contributed by atoms with Gasteiger partial charge in [-0.25, -0.2) is 4.79 Å². The third-order valence-electron chi connectivity index (χ3n) is 5.60. The fourth-order valence-electron chi connectivity index (χ4n) is 4.54. The monoisotopic (exact) mass is 329 g/mol. The van der Waals surface area contributed by atoms with Crippen molar-refractivity contribution >= 4 is 11.7 Å². The van der Waals surface area contributed by atoms with E-state index in [9.17, 15) is 4.79 Å². The van der Waals surface area contributed by atoms with Crippen molar-refractivity contribution in [1.82, 2.24) is 0 Å². The zero-order valence-electron chi connectivity index (χ0n) is 14.7. The summed E-state index contributed by atoms with van der Waals surface area (Å²) in [6.07, 6.45) is 6.90. The van der Waals surface area contributed by atoms with Gasteiger partial charge in [0.1, 0.15) is 0 Å². The molecule has 0 unspecified atom stereocenters. The molecule has 0 heterocycles. The average molecular weight is 329 g/mol. The topological polar surface area (TPSA) is 47.9 Å². The van der Waals surface area contributed by atoms with Gasteiger partial charge in [-0.05, 0) is 44.1 Å².